The zero-order valence-electron chi connectivity index (χ0n) is 11.2. The summed E-state index contributed by atoms with van der Waals surface area (Å²) in [6.07, 6.45) is 5.20. The van der Waals surface area contributed by atoms with E-state index in [0.717, 1.165) is 31.2 Å². The van der Waals surface area contributed by atoms with Crippen LogP contribution < -0.4 is 5.32 Å². The summed E-state index contributed by atoms with van der Waals surface area (Å²) in [6.45, 7) is 1.90. The molecule has 0 saturated heterocycles. The van der Waals surface area contributed by atoms with Crippen molar-refractivity contribution in [2.24, 2.45) is 0 Å². The van der Waals surface area contributed by atoms with Gasteiger partial charge in [-0.1, -0.05) is 30.9 Å². The van der Waals surface area contributed by atoms with Gasteiger partial charge in [-0.05, 0) is 31.9 Å². The molecule has 1 aromatic carbocycles. The van der Waals surface area contributed by atoms with Gasteiger partial charge in [0, 0.05) is 5.88 Å². The number of carbonyl (C=O) groups is 1. The SMILES string of the molecule is Cc1ccc(O)c(C(=O)NC2(CCl)CCCCC2)c1. The van der Waals surface area contributed by atoms with E-state index < -0.39 is 0 Å². The number of aryl methyl sites for hydroxylation is 1. The second-order valence-electron chi connectivity index (χ2n) is 5.45. The Labute approximate surface area is 119 Å². The molecular weight excluding hydrogens is 262 g/mol. The molecule has 1 aliphatic rings. The van der Waals surface area contributed by atoms with Gasteiger partial charge in [-0.2, -0.15) is 0 Å². The van der Waals surface area contributed by atoms with Gasteiger partial charge in [0.2, 0.25) is 0 Å². The second kappa shape index (κ2) is 5.83. The number of carbonyl (C=O) groups excluding carboxylic acids is 1. The number of alkyl halides is 1. The van der Waals surface area contributed by atoms with Crippen LogP contribution in [0.15, 0.2) is 18.2 Å². The Morgan fingerprint density at radius 1 is 1.37 bits per heavy atom. The molecule has 1 amide bonds. The van der Waals surface area contributed by atoms with Crippen molar-refractivity contribution in [2.45, 2.75) is 44.6 Å². The zero-order valence-corrected chi connectivity index (χ0v) is 12.0. The third kappa shape index (κ3) is 3.21. The lowest BCUT2D eigenvalue weighted by atomic mass is 9.83. The molecule has 2 rings (SSSR count). The smallest absolute Gasteiger partial charge is 0.255 e. The molecule has 1 aliphatic carbocycles. The fourth-order valence-electron chi connectivity index (χ4n) is 2.66. The summed E-state index contributed by atoms with van der Waals surface area (Å²) in [6, 6.07) is 5.04. The van der Waals surface area contributed by atoms with Crippen LogP contribution in [-0.4, -0.2) is 22.4 Å². The highest BCUT2D eigenvalue weighted by atomic mass is 35.5. The lowest BCUT2D eigenvalue weighted by Crippen LogP contribution is -2.51. The Morgan fingerprint density at radius 3 is 2.68 bits per heavy atom. The molecule has 2 N–H and O–H groups in total. The van der Waals surface area contributed by atoms with Crippen molar-refractivity contribution in [3.05, 3.63) is 29.3 Å². The van der Waals surface area contributed by atoms with Gasteiger partial charge in [0.25, 0.3) is 5.91 Å². The molecule has 104 valence electrons. The Morgan fingerprint density at radius 2 is 2.05 bits per heavy atom. The van der Waals surface area contributed by atoms with Crippen LogP contribution in [0, 0.1) is 6.92 Å². The molecule has 0 spiro atoms. The minimum atomic E-state index is -0.312. The quantitative estimate of drug-likeness (QED) is 0.835. The summed E-state index contributed by atoms with van der Waals surface area (Å²) >= 11 is 6.06. The van der Waals surface area contributed by atoms with Crippen molar-refractivity contribution in [3.63, 3.8) is 0 Å². The standard InChI is InChI=1S/C15H20ClNO2/c1-11-5-6-13(18)12(9-11)14(19)17-15(10-16)7-3-2-4-8-15/h5-6,9,18H,2-4,7-8,10H2,1H3,(H,17,19). The summed E-state index contributed by atoms with van der Waals surface area (Å²) in [7, 11) is 0. The molecule has 0 aromatic heterocycles. The van der Waals surface area contributed by atoms with Gasteiger partial charge < -0.3 is 10.4 Å². The number of nitrogens with one attached hydrogen (secondary N) is 1. The minimum absolute atomic E-state index is 0.0173. The first-order valence-electron chi connectivity index (χ1n) is 6.74. The van der Waals surface area contributed by atoms with Crippen LogP contribution in [0.3, 0.4) is 0 Å². The number of phenolic OH excluding ortho intramolecular Hbond substituents is 1. The number of amides is 1. The topological polar surface area (TPSA) is 49.3 Å². The molecule has 0 bridgehead atoms. The number of phenols is 1. The van der Waals surface area contributed by atoms with E-state index in [1.54, 1.807) is 18.2 Å². The maximum absolute atomic E-state index is 12.3. The van der Waals surface area contributed by atoms with Crippen molar-refractivity contribution in [3.8, 4) is 5.75 Å². The number of aromatic hydroxyl groups is 1. The molecule has 1 saturated carbocycles. The maximum atomic E-state index is 12.3. The number of halogens is 1. The number of benzene rings is 1. The average molecular weight is 282 g/mol. The first kappa shape index (κ1) is 14.2. The van der Waals surface area contributed by atoms with E-state index in [2.05, 4.69) is 5.32 Å². The van der Waals surface area contributed by atoms with Crippen LogP contribution in [0.1, 0.15) is 48.0 Å². The normalized spacial score (nSPS) is 18.0. The van der Waals surface area contributed by atoms with E-state index in [4.69, 9.17) is 11.6 Å². The third-order valence-electron chi connectivity index (χ3n) is 3.84. The van der Waals surface area contributed by atoms with Crippen molar-refractivity contribution in [2.75, 3.05) is 5.88 Å². The molecule has 0 aliphatic heterocycles. The monoisotopic (exact) mass is 281 g/mol. The van der Waals surface area contributed by atoms with Gasteiger partial charge in [0.15, 0.2) is 0 Å². The molecule has 3 nitrogen and oxygen atoms in total. The van der Waals surface area contributed by atoms with E-state index in [-0.39, 0.29) is 17.2 Å². The first-order valence-corrected chi connectivity index (χ1v) is 7.28. The highest BCUT2D eigenvalue weighted by Gasteiger charge is 2.33. The molecule has 1 aromatic rings. The highest BCUT2D eigenvalue weighted by molar-refractivity contribution is 6.19. The summed E-state index contributed by atoms with van der Waals surface area (Å²) in [5, 5.41) is 12.8. The Bertz CT molecular complexity index is 467. The van der Waals surface area contributed by atoms with Crippen LogP contribution in [0.5, 0.6) is 5.75 Å². The average Bonchev–Trinajstić information content (AvgIpc) is 2.42. The molecule has 0 unspecified atom stereocenters. The number of hydrogen-bond donors (Lipinski definition) is 2. The zero-order chi connectivity index (χ0) is 13.9. The minimum Gasteiger partial charge on any atom is -0.507 e. The highest BCUT2D eigenvalue weighted by Crippen LogP contribution is 2.30. The molecule has 1 fully saturated rings. The van der Waals surface area contributed by atoms with Crippen molar-refractivity contribution < 1.29 is 9.90 Å². The number of hydrogen-bond acceptors (Lipinski definition) is 2. The summed E-state index contributed by atoms with van der Waals surface area (Å²) in [5.74, 6) is 0.207. The lowest BCUT2D eigenvalue weighted by molar-refractivity contribution is 0.0882. The molecule has 4 heteroatoms. The van der Waals surface area contributed by atoms with Crippen LogP contribution in [0.25, 0.3) is 0 Å². The van der Waals surface area contributed by atoms with Crippen LogP contribution in [0.2, 0.25) is 0 Å². The van der Waals surface area contributed by atoms with Gasteiger partial charge in [0.05, 0.1) is 11.1 Å². The van der Waals surface area contributed by atoms with Crippen LogP contribution in [-0.2, 0) is 0 Å². The lowest BCUT2D eigenvalue weighted by Gasteiger charge is -2.36. The summed E-state index contributed by atoms with van der Waals surface area (Å²) < 4.78 is 0. The fraction of sp³-hybridized carbons (Fsp3) is 0.533. The van der Waals surface area contributed by atoms with E-state index in [0.29, 0.717) is 11.4 Å². The van der Waals surface area contributed by atoms with Gasteiger partial charge in [-0.15, -0.1) is 11.6 Å². The van der Waals surface area contributed by atoms with Crippen molar-refractivity contribution >= 4 is 17.5 Å². The predicted octanol–water partition coefficient (Wildman–Crippen LogP) is 3.37. The predicted molar refractivity (Wildman–Crippen MR) is 76.8 cm³/mol. The van der Waals surface area contributed by atoms with Crippen LogP contribution >= 0.6 is 11.6 Å². The Kier molecular flexibility index (Phi) is 4.35. The molecule has 0 atom stereocenters. The van der Waals surface area contributed by atoms with Gasteiger partial charge in [-0.25, -0.2) is 0 Å². The number of rotatable bonds is 3. The van der Waals surface area contributed by atoms with E-state index in [9.17, 15) is 9.90 Å². The largest absolute Gasteiger partial charge is 0.507 e. The van der Waals surface area contributed by atoms with Gasteiger partial charge in [0.1, 0.15) is 5.75 Å². The van der Waals surface area contributed by atoms with E-state index >= 15 is 0 Å². The molecular formula is C15H20ClNO2. The van der Waals surface area contributed by atoms with Crippen molar-refractivity contribution in [1.29, 1.82) is 0 Å². The molecule has 19 heavy (non-hydrogen) atoms. The first-order chi connectivity index (χ1) is 9.06. The molecule has 0 heterocycles. The van der Waals surface area contributed by atoms with Gasteiger partial charge >= 0.3 is 0 Å². The summed E-state index contributed by atoms with van der Waals surface area (Å²) in [4.78, 5) is 12.3. The third-order valence-corrected chi connectivity index (χ3v) is 4.35. The van der Waals surface area contributed by atoms with E-state index in [1.165, 1.54) is 6.42 Å². The molecule has 0 radical (unpaired) electrons. The van der Waals surface area contributed by atoms with Crippen LogP contribution in [0.4, 0.5) is 0 Å². The van der Waals surface area contributed by atoms with Gasteiger partial charge in [-0.3, -0.25) is 4.79 Å². The Hall–Kier alpha value is -1.22. The summed E-state index contributed by atoms with van der Waals surface area (Å²) in [5.41, 5.74) is 0.967. The maximum Gasteiger partial charge on any atom is 0.255 e. The Balaban J connectivity index is 2.17. The fourth-order valence-corrected chi connectivity index (χ4v) is 2.99. The van der Waals surface area contributed by atoms with Crippen molar-refractivity contribution in [1.82, 2.24) is 5.32 Å². The van der Waals surface area contributed by atoms with E-state index in [1.807, 2.05) is 6.92 Å². The second-order valence-corrected chi connectivity index (χ2v) is 5.72.